The number of aromatic nitrogens is 2. The van der Waals surface area contributed by atoms with Gasteiger partial charge in [-0.05, 0) is 19.1 Å². The summed E-state index contributed by atoms with van der Waals surface area (Å²) in [6.07, 6.45) is 2.76. The summed E-state index contributed by atoms with van der Waals surface area (Å²) in [5, 5.41) is 0. The van der Waals surface area contributed by atoms with Crippen LogP contribution in [0.15, 0.2) is 42.7 Å². The van der Waals surface area contributed by atoms with E-state index < -0.39 is 5.97 Å². The number of esters is 1. The summed E-state index contributed by atoms with van der Waals surface area (Å²) in [5.74, 6) is 0.199. The molecule has 0 aliphatic carbocycles. The Labute approximate surface area is 104 Å². The van der Waals surface area contributed by atoms with E-state index in [-0.39, 0.29) is 6.01 Å². The van der Waals surface area contributed by atoms with Gasteiger partial charge in [0.05, 0.1) is 12.2 Å². The molecule has 0 atom stereocenters. The molecular weight excluding hydrogens is 232 g/mol. The van der Waals surface area contributed by atoms with Gasteiger partial charge >= 0.3 is 12.0 Å². The van der Waals surface area contributed by atoms with E-state index in [9.17, 15) is 4.79 Å². The van der Waals surface area contributed by atoms with Gasteiger partial charge in [0.1, 0.15) is 5.75 Å². The molecule has 0 aliphatic rings. The molecule has 5 nitrogen and oxygen atoms in total. The number of hydrogen-bond donors (Lipinski definition) is 0. The molecule has 2 aromatic rings. The van der Waals surface area contributed by atoms with Crippen molar-refractivity contribution in [1.29, 1.82) is 0 Å². The second-order valence-electron chi connectivity index (χ2n) is 3.39. The summed E-state index contributed by atoms with van der Waals surface area (Å²) in [6.45, 7) is 2.06. The maximum Gasteiger partial charge on any atom is 0.341 e. The molecule has 1 aromatic carbocycles. The highest BCUT2D eigenvalue weighted by Gasteiger charge is 2.08. The maximum atomic E-state index is 11.4. The summed E-state index contributed by atoms with van der Waals surface area (Å²) >= 11 is 0. The van der Waals surface area contributed by atoms with E-state index >= 15 is 0 Å². The Morgan fingerprint density at radius 2 is 1.83 bits per heavy atom. The first-order valence-corrected chi connectivity index (χ1v) is 5.51. The van der Waals surface area contributed by atoms with Crippen molar-refractivity contribution >= 4 is 5.97 Å². The third-order valence-electron chi connectivity index (χ3n) is 2.09. The minimum absolute atomic E-state index is 0.189. The summed E-state index contributed by atoms with van der Waals surface area (Å²) in [4.78, 5) is 19.3. The van der Waals surface area contributed by atoms with Gasteiger partial charge in [-0.25, -0.2) is 14.8 Å². The fraction of sp³-hybridized carbons (Fsp3) is 0.154. The summed E-state index contributed by atoms with van der Waals surface area (Å²) < 4.78 is 10.2. The van der Waals surface area contributed by atoms with Gasteiger partial charge in [-0.3, -0.25) is 0 Å². The molecule has 0 N–H and O–H groups in total. The first-order valence-electron chi connectivity index (χ1n) is 5.51. The van der Waals surface area contributed by atoms with Crippen LogP contribution < -0.4 is 4.74 Å². The number of hydrogen-bond acceptors (Lipinski definition) is 5. The molecule has 0 spiro atoms. The van der Waals surface area contributed by atoms with E-state index in [1.165, 1.54) is 12.4 Å². The fourth-order valence-electron chi connectivity index (χ4n) is 1.28. The Morgan fingerprint density at radius 1 is 1.17 bits per heavy atom. The molecule has 0 saturated heterocycles. The molecule has 0 fully saturated rings. The Morgan fingerprint density at radius 3 is 2.44 bits per heavy atom. The molecule has 1 heterocycles. The van der Waals surface area contributed by atoms with E-state index in [4.69, 9.17) is 9.47 Å². The lowest BCUT2D eigenvalue weighted by Gasteiger charge is -2.04. The highest BCUT2D eigenvalue weighted by molar-refractivity contribution is 5.88. The Kier molecular flexibility index (Phi) is 3.86. The van der Waals surface area contributed by atoms with Crippen molar-refractivity contribution in [2.24, 2.45) is 0 Å². The minimum atomic E-state index is -0.441. The lowest BCUT2D eigenvalue weighted by Crippen LogP contribution is -2.06. The average Bonchev–Trinajstić information content (AvgIpc) is 2.41. The normalized spacial score (nSPS) is 9.83. The molecule has 0 bridgehead atoms. The zero-order valence-electron chi connectivity index (χ0n) is 9.87. The molecule has 0 saturated carbocycles. The summed E-state index contributed by atoms with van der Waals surface area (Å²) in [7, 11) is 0. The van der Waals surface area contributed by atoms with Crippen LogP contribution in [-0.2, 0) is 4.74 Å². The van der Waals surface area contributed by atoms with Gasteiger partial charge < -0.3 is 9.47 Å². The zero-order valence-corrected chi connectivity index (χ0v) is 9.87. The number of rotatable bonds is 4. The van der Waals surface area contributed by atoms with Crippen LogP contribution in [0.1, 0.15) is 17.3 Å². The molecule has 18 heavy (non-hydrogen) atoms. The van der Waals surface area contributed by atoms with Gasteiger partial charge in [-0.2, -0.15) is 0 Å². The van der Waals surface area contributed by atoms with Gasteiger partial charge in [-0.15, -0.1) is 0 Å². The van der Waals surface area contributed by atoms with Crippen LogP contribution in [-0.4, -0.2) is 22.5 Å². The van der Waals surface area contributed by atoms with Crippen LogP contribution in [0.25, 0.3) is 0 Å². The van der Waals surface area contributed by atoms with Gasteiger partial charge in [0, 0.05) is 12.4 Å². The molecule has 0 aliphatic heterocycles. The molecule has 5 heteroatoms. The third-order valence-corrected chi connectivity index (χ3v) is 2.09. The van der Waals surface area contributed by atoms with Crippen LogP contribution in [0, 0.1) is 0 Å². The fourth-order valence-corrected chi connectivity index (χ4v) is 1.28. The molecule has 92 valence electrons. The van der Waals surface area contributed by atoms with E-state index in [1.54, 1.807) is 19.1 Å². The smallest absolute Gasteiger partial charge is 0.341 e. The largest absolute Gasteiger partial charge is 0.462 e. The molecule has 1 aromatic heterocycles. The van der Waals surface area contributed by atoms with Gasteiger partial charge in [0.2, 0.25) is 0 Å². The van der Waals surface area contributed by atoms with Crippen molar-refractivity contribution in [1.82, 2.24) is 9.97 Å². The van der Waals surface area contributed by atoms with Crippen molar-refractivity contribution in [3.8, 4) is 11.8 Å². The highest BCUT2D eigenvalue weighted by Crippen LogP contribution is 2.16. The summed E-state index contributed by atoms with van der Waals surface area (Å²) in [6, 6.07) is 9.36. The Hall–Kier alpha value is -2.43. The standard InChI is InChI=1S/C13H12N2O3/c1-2-17-12(16)10-8-14-13(15-9-10)18-11-6-4-3-5-7-11/h3-9H,2H2,1H3. The monoisotopic (exact) mass is 244 g/mol. The van der Waals surface area contributed by atoms with Crippen molar-refractivity contribution in [2.75, 3.05) is 6.61 Å². The second-order valence-corrected chi connectivity index (χ2v) is 3.39. The maximum absolute atomic E-state index is 11.4. The molecule has 0 amide bonds. The number of benzene rings is 1. The van der Waals surface area contributed by atoms with E-state index in [2.05, 4.69) is 9.97 Å². The number of carbonyl (C=O) groups is 1. The molecule has 0 radical (unpaired) electrons. The average molecular weight is 244 g/mol. The van der Waals surface area contributed by atoms with E-state index in [1.807, 2.05) is 18.2 Å². The lowest BCUT2D eigenvalue weighted by atomic mass is 10.3. The number of nitrogens with zero attached hydrogens (tertiary/aromatic N) is 2. The molecule has 2 rings (SSSR count). The van der Waals surface area contributed by atoms with Gasteiger partial charge in [0.15, 0.2) is 0 Å². The van der Waals surface area contributed by atoms with Crippen LogP contribution in [0.5, 0.6) is 11.8 Å². The second kappa shape index (κ2) is 5.77. The van der Waals surface area contributed by atoms with Gasteiger partial charge in [-0.1, -0.05) is 18.2 Å². The molecular formula is C13H12N2O3. The lowest BCUT2D eigenvalue weighted by molar-refractivity contribution is 0.0525. The molecule has 0 unspecified atom stereocenters. The van der Waals surface area contributed by atoms with E-state index in [0.29, 0.717) is 17.9 Å². The van der Waals surface area contributed by atoms with Crippen LogP contribution >= 0.6 is 0 Å². The first kappa shape index (κ1) is 12.0. The van der Waals surface area contributed by atoms with Crippen LogP contribution in [0.2, 0.25) is 0 Å². The number of carbonyl (C=O) groups excluding carboxylic acids is 1. The zero-order chi connectivity index (χ0) is 12.8. The number of ether oxygens (including phenoxy) is 2. The quantitative estimate of drug-likeness (QED) is 0.773. The topological polar surface area (TPSA) is 61.3 Å². The third kappa shape index (κ3) is 3.04. The Balaban J connectivity index is 2.06. The summed E-state index contributed by atoms with van der Waals surface area (Å²) in [5.41, 5.74) is 0.303. The van der Waals surface area contributed by atoms with E-state index in [0.717, 1.165) is 0 Å². The minimum Gasteiger partial charge on any atom is -0.462 e. The Bertz CT molecular complexity index is 512. The van der Waals surface area contributed by atoms with Crippen molar-refractivity contribution in [3.05, 3.63) is 48.3 Å². The van der Waals surface area contributed by atoms with Crippen molar-refractivity contribution < 1.29 is 14.3 Å². The predicted molar refractivity (Wildman–Crippen MR) is 64.5 cm³/mol. The van der Waals surface area contributed by atoms with Crippen LogP contribution in [0.4, 0.5) is 0 Å². The van der Waals surface area contributed by atoms with Crippen molar-refractivity contribution in [3.63, 3.8) is 0 Å². The van der Waals surface area contributed by atoms with Crippen molar-refractivity contribution in [2.45, 2.75) is 6.92 Å². The SMILES string of the molecule is CCOC(=O)c1cnc(Oc2ccccc2)nc1. The first-order chi connectivity index (χ1) is 8.79. The predicted octanol–water partition coefficient (Wildman–Crippen LogP) is 2.45. The van der Waals surface area contributed by atoms with Crippen LogP contribution in [0.3, 0.4) is 0 Å². The highest BCUT2D eigenvalue weighted by atomic mass is 16.5. The van der Waals surface area contributed by atoms with Gasteiger partial charge in [0.25, 0.3) is 0 Å². The number of para-hydroxylation sites is 1.